The minimum absolute atomic E-state index is 0.0310. The Kier molecular flexibility index (Phi) is 6.93. The van der Waals surface area contributed by atoms with Gasteiger partial charge in [-0.15, -0.1) is 0 Å². The van der Waals surface area contributed by atoms with E-state index in [0.717, 1.165) is 36.3 Å². The standard InChI is InChI=1S/C25H33N3O2/c1-5-19-8-6-7-9-22(19)26-23(29)18-27-14-16-28(17-15-27)24(30)20-10-12-21(13-11-20)25(2,3)4/h6-13H,5,14-18H2,1-4H3,(H,26,29)/p+1. The lowest BCUT2D eigenvalue weighted by molar-refractivity contribution is -0.895. The second-order valence-corrected chi connectivity index (χ2v) is 9.11. The summed E-state index contributed by atoms with van der Waals surface area (Å²) in [5, 5.41) is 3.05. The Bertz CT molecular complexity index is 876. The molecule has 0 atom stereocenters. The zero-order chi connectivity index (χ0) is 21.7. The Hall–Kier alpha value is -2.66. The fraction of sp³-hybridized carbons (Fsp3) is 0.440. The van der Waals surface area contributed by atoms with Crippen LogP contribution in [0.4, 0.5) is 5.69 Å². The highest BCUT2D eigenvalue weighted by atomic mass is 16.2. The average molecular weight is 409 g/mol. The van der Waals surface area contributed by atoms with E-state index in [2.05, 4.69) is 33.0 Å². The smallest absolute Gasteiger partial charge is 0.279 e. The van der Waals surface area contributed by atoms with Crippen molar-refractivity contribution in [1.82, 2.24) is 4.90 Å². The number of anilines is 1. The molecule has 1 aliphatic rings. The van der Waals surface area contributed by atoms with Crippen molar-refractivity contribution in [2.75, 3.05) is 38.0 Å². The molecule has 2 amide bonds. The van der Waals surface area contributed by atoms with Gasteiger partial charge in [0, 0.05) is 11.3 Å². The van der Waals surface area contributed by atoms with Crippen LogP contribution < -0.4 is 10.2 Å². The predicted octanol–water partition coefficient (Wildman–Crippen LogP) is 2.53. The summed E-state index contributed by atoms with van der Waals surface area (Å²) in [6.07, 6.45) is 0.890. The normalized spacial score (nSPS) is 15.1. The van der Waals surface area contributed by atoms with Crippen molar-refractivity contribution in [3.05, 3.63) is 65.2 Å². The molecule has 30 heavy (non-hydrogen) atoms. The van der Waals surface area contributed by atoms with E-state index in [4.69, 9.17) is 0 Å². The van der Waals surface area contributed by atoms with Gasteiger partial charge in [-0.05, 0) is 41.2 Å². The summed E-state index contributed by atoms with van der Waals surface area (Å²) < 4.78 is 0. The van der Waals surface area contributed by atoms with Crippen LogP contribution in [-0.4, -0.2) is 49.4 Å². The van der Waals surface area contributed by atoms with Crippen LogP contribution in [0.5, 0.6) is 0 Å². The number of amides is 2. The van der Waals surface area contributed by atoms with E-state index in [1.54, 1.807) is 0 Å². The van der Waals surface area contributed by atoms with Crippen LogP contribution in [0.25, 0.3) is 0 Å². The fourth-order valence-electron chi connectivity index (χ4n) is 3.87. The van der Waals surface area contributed by atoms with E-state index in [1.807, 2.05) is 53.4 Å². The second kappa shape index (κ2) is 9.43. The van der Waals surface area contributed by atoms with Gasteiger partial charge in [0.25, 0.3) is 11.8 Å². The Morgan fingerprint density at radius 2 is 1.63 bits per heavy atom. The van der Waals surface area contributed by atoms with Gasteiger partial charge in [-0.2, -0.15) is 0 Å². The molecule has 1 heterocycles. The number of nitrogens with zero attached hydrogens (tertiary/aromatic N) is 1. The van der Waals surface area contributed by atoms with Gasteiger partial charge < -0.3 is 15.1 Å². The molecular formula is C25H34N3O2+. The van der Waals surface area contributed by atoms with Gasteiger partial charge in [-0.1, -0.05) is 58.0 Å². The van der Waals surface area contributed by atoms with E-state index in [-0.39, 0.29) is 17.2 Å². The molecule has 1 aliphatic heterocycles. The second-order valence-electron chi connectivity index (χ2n) is 9.11. The number of hydrogen-bond acceptors (Lipinski definition) is 2. The van der Waals surface area contributed by atoms with E-state index in [0.29, 0.717) is 19.6 Å². The summed E-state index contributed by atoms with van der Waals surface area (Å²) in [6.45, 7) is 11.9. The molecule has 0 unspecified atom stereocenters. The maximum Gasteiger partial charge on any atom is 0.279 e. The lowest BCUT2D eigenvalue weighted by atomic mass is 9.86. The summed E-state index contributed by atoms with van der Waals surface area (Å²) in [5.41, 5.74) is 4.09. The van der Waals surface area contributed by atoms with E-state index >= 15 is 0 Å². The van der Waals surface area contributed by atoms with Crippen LogP contribution in [0.2, 0.25) is 0 Å². The number of carbonyl (C=O) groups is 2. The number of quaternary nitrogens is 1. The number of piperazine rings is 1. The molecule has 0 saturated carbocycles. The van der Waals surface area contributed by atoms with Gasteiger partial charge in [0.2, 0.25) is 0 Å². The molecule has 3 rings (SSSR count). The highest BCUT2D eigenvalue weighted by molar-refractivity contribution is 5.94. The first-order valence-corrected chi connectivity index (χ1v) is 10.9. The third-order valence-electron chi connectivity index (χ3n) is 5.84. The maximum atomic E-state index is 12.8. The molecule has 0 aromatic heterocycles. The van der Waals surface area contributed by atoms with Crippen molar-refractivity contribution >= 4 is 17.5 Å². The van der Waals surface area contributed by atoms with E-state index < -0.39 is 0 Å². The fourth-order valence-corrected chi connectivity index (χ4v) is 3.87. The molecular weight excluding hydrogens is 374 g/mol. The van der Waals surface area contributed by atoms with E-state index in [9.17, 15) is 9.59 Å². The topological polar surface area (TPSA) is 53.9 Å². The summed E-state index contributed by atoms with van der Waals surface area (Å²) >= 11 is 0. The van der Waals surface area contributed by atoms with Crippen molar-refractivity contribution in [3.8, 4) is 0 Å². The minimum Gasteiger partial charge on any atom is -0.327 e. The Labute approximate surface area is 180 Å². The van der Waals surface area contributed by atoms with Crippen molar-refractivity contribution < 1.29 is 14.5 Å². The van der Waals surface area contributed by atoms with Crippen molar-refractivity contribution in [2.24, 2.45) is 0 Å². The molecule has 2 aromatic rings. The molecule has 0 radical (unpaired) electrons. The summed E-state index contributed by atoms with van der Waals surface area (Å²) in [7, 11) is 0. The monoisotopic (exact) mass is 408 g/mol. The molecule has 1 fully saturated rings. The molecule has 0 bridgehead atoms. The Balaban J connectivity index is 1.50. The first-order chi connectivity index (χ1) is 14.3. The van der Waals surface area contributed by atoms with Gasteiger partial charge in [0.05, 0.1) is 26.2 Å². The number of benzene rings is 2. The van der Waals surface area contributed by atoms with Crippen LogP contribution in [0.3, 0.4) is 0 Å². The van der Waals surface area contributed by atoms with Crippen LogP contribution in [0, 0.1) is 0 Å². The van der Waals surface area contributed by atoms with E-state index in [1.165, 1.54) is 10.5 Å². The lowest BCUT2D eigenvalue weighted by Crippen LogP contribution is -3.15. The van der Waals surface area contributed by atoms with Gasteiger partial charge >= 0.3 is 0 Å². The first kappa shape index (κ1) is 22.0. The Morgan fingerprint density at radius 1 is 1.00 bits per heavy atom. The highest BCUT2D eigenvalue weighted by Crippen LogP contribution is 2.22. The summed E-state index contributed by atoms with van der Waals surface area (Å²) in [6, 6.07) is 15.9. The zero-order valence-electron chi connectivity index (χ0n) is 18.6. The third kappa shape index (κ3) is 5.48. The molecule has 2 aromatic carbocycles. The molecule has 1 saturated heterocycles. The lowest BCUT2D eigenvalue weighted by Gasteiger charge is -2.32. The SMILES string of the molecule is CCc1ccccc1NC(=O)C[NH+]1CCN(C(=O)c2ccc(C(C)(C)C)cc2)CC1. The number of hydrogen-bond donors (Lipinski definition) is 2. The molecule has 0 spiro atoms. The van der Waals surface area contributed by atoms with Crippen LogP contribution >= 0.6 is 0 Å². The maximum absolute atomic E-state index is 12.8. The first-order valence-electron chi connectivity index (χ1n) is 10.9. The van der Waals surface area contributed by atoms with Crippen molar-refractivity contribution in [2.45, 2.75) is 39.5 Å². The number of rotatable bonds is 5. The largest absolute Gasteiger partial charge is 0.327 e. The number of nitrogens with one attached hydrogen (secondary N) is 2. The van der Waals surface area contributed by atoms with Gasteiger partial charge in [0.15, 0.2) is 6.54 Å². The summed E-state index contributed by atoms with van der Waals surface area (Å²) in [5.74, 6) is 0.110. The summed E-state index contributed by atoms with van der Waals surface area (Å²) in [4.78, 5) is 28.4. The molecule has 2 N–H and O–H groups in total. The molecule has 0 aliphatic carbocycles. The predicted molar refractivity (Wildman–Crippen MR) is 121 cm³/mol. The van der Waals surface area contributed by atoms with Crippen LogP contribution in [0.15, 0.2) is 48.5 Å². The highest BCUT2D eigenvalue weighted by Gasteiger charge is 2.26. The quantitative estimate of drug-likeness (QED) is 0.799. The number of carbonyl (C=O) groups excluding carboxylic acids is 2. The third-order valence-corrected chi connectivity index (χ3v) is 5.84. The van der Waals surface area contributed by atoms with Crippen molar-refractivity contribution in [3.63, 3.8) is 0 Å². The van der Waals surface area contributed by atoms with Crippen LogP contribution in [-0.2, 0) is 16.6 Å². The average Bonchev–Trinajstić information content (AvgIpc) is 2.73. The zero-order valence-corrected chi connectivity index (χ0v) is 18.6. The molecule has 5 heteroatoms. The van der Waals surface area contributed by atoms with Crippen LogP contribution in [0.1, 0.15) is 49.2 Å². The minimum atomic E-state index is 0.0310. The number of para-hydroxylation sites is 1. The van der Waals surface area contributed by atoms with Crippen molar-refractivity contribution in [1.29, 1.82) is 0 Å². The Morgan fingerprint density at radius 3 is 2.23 bits per heavy atom. The molecule has 160 valence electrons. The number of aryl methyl sites for hydroxylation is 1. The van der Waals surface area contributed by atoms with Gasteiger partial charge in [0.1, 0.15) is 0 Å². The van der Waals surface area contributed by atoms with Gasteiger partial charge in [-0.3, -0.25) is 9.59 Å². The molecule has 5 nitrogen and oxygen atoms in total. The van der Waals surface area contributed by atoms with Gasteiger partial charge in [-0.25, -0.2) is 0 Å².